The topological polar surface area (TPSA) is 117 Å². The Balaban J connectivity index is 1.52. The smallest absolute Gasteiger partial charge is 0.270 e. The summed E-state index contributed by atoms with van der Waals surface area (Å²) in [6, 6.07) is 23.6. The summed E-state index contributed by atoms with van der Waals surface area (Å²) in [4.78, 5) is 30.8. The molecule has 0 aliphatic heterocycles. The zero-order valence-corrected chi connectivity index (χ0v) is 22.8. The highest BCUT2D eigenvalue weighted by atomic mass is 35.5. The Morgan fingerprint density at radius 2 is 1.56 bits per heavy atom. The molecular weight excluding hydrogens is 536 g/mol. The molecule has 0 saturated heterocycles. The third-order valence-corrected chi connectivity index (χ3v) is 7.30. The van der Waals surface area contributed by atoms with E-state index in [4.69, 9.17) is 11.6 Å². The summed E-state index contributed by atoms with van der Waals surface area (Å²) in [5.41, 5.74) is 7.45. The van der Waals surface area contributed by atoms with E-state index in [0.29, 0.717) is 32.7 Å². The number of aromatic nitrogens is 1. The number of sulfonamides is 1. The number of carbonyl (C=O) groups excluding carboxylic acids is 2. The zero-order valence-electron chi connectivity index (χ0n) is 21.3. The first-order valence-corrected chi connectivity index (χ1v) is 14.1. The van der Waals surface area contributed by atoms with Gasteiger partial charge >= 0.3 is 0 Å². The summed E-state index contributed by atoms with van der Waals surface area (Å²) < 4.78 is 27.7. The van der Waals surface area contributed by atoms with Crippen molar-refractivity contribution in [2.75, 3.05) is 0 Å². The van der Waals surface area contributed by atoms with Crippen molar-refractivity contribution in [3.8, 4) is 11.3 Å². The molecule has 4 rings (SSSR count). The molecule has 1 atom stereocenters. The quantitative estimate of drug-likeness (QED) is 0.263. The van der Waals surface area contributed by atoms with Crippen LogP contribution in [-0.4, -0.2) is 31.3 Å². The molecule has 0 spiro atoms. The summed E-state index contributed by atoms with van der Waals surface area (Å²) in [6.07, 6.45) is 1.44. The van der Waals surface area contributed by atoms with Crippen molar-refractivity contribution in [1.82, 2.24) is 20.6 Å². The van der Waals surface area contributed by atoms with Crippen molar-refractivity contribution in [1.29, 1.82) is 0 Å². The fraction of sp³-hybridized carbons (Fsp3) is 0.138. The summed E-state index contributed by atoms with van der Waals surface area (Å²) in [7, 11) is -3.95. The highest BCUT2D eigenvalue weighted by Gasteiger charge is 2.27. The minimum atomic E-state index is -3.95. The first kappa shape index (κ1) is 28.0. The van der Waals surface area contributed by atoms with Gasteiger partial charge in [0.25, 0.3) is 11.8 Å². The van der Waals surface area contributed by atoms with Crippen LogP contribution in [0.2, 0.25) is 5.02 Å². The van der Waals surface area contributed by atoms with Gasteiger partial charge in [-0.25, -0.2) is 13.4 Å². The average molecular weight is 563 g/mol. The number of halogens is 1. The Labute approximate surface area is 232 Å². The zero-order chi connectivity index (χ0) is 28.0. The van der Waals surface area contributed by atoms with Gasteiger partial charge in [0.2, 0.25) is 10.0 Å². The van der Waals surface area contributed by atoms with E-state index in [-0.39, 0.29) is 5.56 Å². The fourth-order valence-electron chi connectivity index (χ4n) is 3.87. The molecule has 8 nitrogen and oxygen atoms in total. The minimum absolute atomic E-state index is 0.267. The molecule has 0 aliphatic carbocycles. The monoisotopic (exact) mass is 562 g/mol. The van der Waals surface area contributed by atoms with Gasteiger partial charge in [-0.1, -0.05) is 92.2 Å². The van der Waals surface area contributed by atoms with Gasteiger partial charge in [0.15, 0.2) is 0 Å². The third-order valence-electron chi connectivity index (χ3n) is 5.89. The van der Waals surface area contributed by atoms with Gasteiger partial charge in [0.1, 0.15) is 6.04 Å². The highest BCUT2D eigenvalue weighted by molar-refractivity contribution is 7.92. The maximum Gasteiger partial charge on any atom is 0.270 e. The molecule has 0 radical (unpaired) electrons. The summed E-state index contributed by atoms with van der Waals surface area (Å²) >= 11 is 6.36. The molecule has 0 saturated carbocycles. The van der Waals surface area contributed by atoms with Crippen LogP contribution in [0.4, 0.5) is 0 Å². The number of para-hydroxylation sites is 1. The van der Waals surface area contributed by atoms with E-state index in [2.05, 4.69) is 20.6 Å². The van der Waals surface area contributed by atoms with Crippen LogP contribution in [0, 0.1) is 5.92 Å². The summed E-state index contributed by atoms with van der Waals surface area (Å²) in [5, 5.41) is 2.06. The SMILES string of the molecule is CC(C)C(NS(=O)(=O)/C=C/c1ccccc1)C(=O)NNC(=O)c1cc(-c2ccccc2Cl)nc2ccccc12. The van der Waals surface area contributed by atoms with Crippen molar-refractivity contribution in [3.63, 3.8) is 0 Å². The fourth-order valence-corrected chi connectivity index (χ4v) is 5.26. The Hall–Kier alpha value is -4.05. The van der Waals surface area contributed by atoms with Crippen LogP contribution >= 0.6 is 11.6 Å². The lowest BCUT2D eigenvalue weighted by Crippen LogP contribution is -2.54. The van der Waals surface area contributed by atoms with Gasteiger partial charge in [0, 0.05) is 21.4 Å². The van der Waals surface area contributed by atoms with Crippen LogP contribution in [0.15, 0.2) is 90.3 Å². The number of benzene rings is 3. The van der Waals surface area contributed by atoms with Crippen LogP contribution in [0.1, 0.15) is 29.8 Å². The normalized spacial score (nSPS) is 12.5. The number of nitrogens with one attached hydrogen (secondary N) is 3. The number of hydrogen-bond acceptors (Lipinski definition) is 5. The number of rotatable bonds is 8. The van der Waals surface area contributed by atoms with Crippen LogP contribution < -0.4 is 15.6 Å². The number of hydrogen-bond donors (Lipinski definition) is 3. The van der Waals surface area contributed by atoms with Crippen LogP contribution in [0.3, 0.4) is 0 Å². The highest BCUT2D eigenvalue weighted by Crippen LogP contribution is 2.29. The van der Waals surface area contributed by atoms with E-state index in [1.807, 2.05) is 12.1 Å². The Morgan fingerprint density at radius 1 is 0.897 bits per heavy atom. The molecule has 3 N–H and O–H groups in total. The molecule has 1 aromatic heterocycles. The number of fused-ring (bicyclic) bond motifs is 1. The molecular formula is C29H27ClN4O4S. The standard InChI is InChI=1S/C29H27ClN4O4S/c1-19(2)27(34-39(37,38)17-16-20-10-4-3-5-11-20)29(36)33-32-28(35)23-18-26(22-13-6-8-14-24(22)30)31-25-15-9-7-12-21(23)25/h3-19,27,34H,1-2H3,(H,32,35)(H,33,36)/b17-16+. The molecule has 3 aromatic carbocycles. The lowest BCUT2D eigenvalue weighted by atomic mass is 10.0. The molecule has 1 heterocycles. The molecule has 10 heteroatoms. The van der Waals surface area contributed by atoms with Gasteiger partial charge in [-0.15, -0.1) is 0 Å². The van der Waals surface area contributed by atoms with Crippen molar-refractivity contribution >= 4 is 50.4 Å². The van der Waals surface area contributed by atoms with Crippen LogP contribution in [0.25, 0.3) is 28.2 Å². The largest absolute Gasteiger partial charge is 0.271 e. The van der Waals surface area contributed by atoms with E-state index in [1.165, 1.54) is 6.08 Å². The predicted molar refractivity (Wildman–Crippen MR) is 154 cm³/mol. The molecule has 0 aliphatic rings. The second kappa shape index (κ2) is 12.2. The van der Waals surface area contributed by atoms with Gasteiger partial charge in [-0.3, -0.25) is 20.4 Å². The van der Waals surface area contributed by atoms with E-state index < -0.39 is 33.8 Å². The average Bonchev–Trinajstić information content (AvgIpc) is 2.93. The van der Waals surface area contributed by atoms with Crippen LogP contribution in [-0.2, 0) is 14.8 Å². The molecule has 200 valence electrons. The molecule has 0 fully saturated rings. The second-order valence-corrected chi connectivity index (χ2v) is 11.1. The third kappa shape index (κ3) is 7.08. The molecule has 1 unspecified atom stereocenters. The number of hydrazine groups is 1. The van der Waals surface area contributed by atoms with Gasteiger partial charge < -0.3 is 0 Å². The van der Waals surface area contributed by atoms with Crippen molar-refractivity contribution in [3.05, 3.63) is 106 Å². The van der Waals surface area contributed by atoms with E-state index >= 15 is 0 Å². The molecule has 4 aromatic rings. The summed E-state index contributed by atoms with van der Waals surface area (Å²) in [6.45, 7) is 3.39. The first-order valence-electron chi connectivity index (χ1n) is 12.1. The first-order chi connectivity index (χ1) is 18.6. The van der Waals surface area contributed by atoms with Gasteiger partial charge in [-0.2, -0.15) is 4.72 Å². The molecule has 2 amide bonds. The Bertz CT molecular complexity index is 1640. The van der Waals surface area contributed by atoms with E-state index in [9.17, 15) is 18.0 Å². The number of nitrogens with zero attached hydrogens (tertiary/aromatic N) is 1. The Kier molecular flexibility index (Phi) is 8.75. The summed E-state index contributed by atoms with van der Waals surface area (Å²) in [5.74, 6) is -1.71. The van der Waals surface area contributed by atoms with Crippen molar-refractivity contribution in [2.45, 2.75) is 19.9 Å². The number of pyridine rings is 1. The maximum absolute atomic E-state index is 13.2. The van der Waals surface area contributed by atoms with E-state index in [1.54, 1.807) is 86.6 Å². The maximum atomic E-state index is 13.2. The van der Waals surface area contributed by atoms with Crippen molar-refractivity contribution < 1.29 is 18.0 Å². The number of carbonyl (C=O) groups is 2. The lowest BCUT2D eigenvalue weighted by molar-refractivity contribution is -0.124. The molecule has 0 bridgehead atoms. The molecule has 39 heavy (non-hydrogen) atoms. The van der Waals surface area contributed by atoms with Gasteiger partial charge in [0.05, 0.1) is 16.8 Å². The van der Waals surface area contributed by atoms with E-state index in [0.717, 1.165) is 5.41 Å². The van der Waals surface area contributed by atoms with Crippen LogP contribution in [0.5, 0.6) is 0 Å². The number of amides is 2. The Morgan fingerprint density at radius 3 is 2.28 bits per heavy atom. The second-order valence-electron chi connectivity index (χ2n) is 9.09. The van der Waals surface area contributed by atoms with Gasteiger partial charge in [-0.05, 0) is 35.8 Å². The minimum Gasteiger partial charge on any atom is -0.271 e. The van der Waals surface area contributed by atoms with Crippen molar-refractivity contribution in [2.24, 2.45) is 5.92 Å². The lowest BCUT2D eigenvalue weighted by Gasteiger charge is -2.21. The predicted octanol–water partition coefficient (Wildman–Crippen LogP) is 4.93.